The standard InChI is InChI=1S/C28H32ClF3N6O4S3/c1-3-5-13-44(39,40)38(45(41,42)14-6-4-2)19-16-23-24(22-9-11-37(35-22)28(31)32)25(20-8-7-18(30)15-21(20)29)34-26(36(23)17-19)27-33-10-12-43-27/h7-12,15,19,25,28H,3-6,13-14,16-17H2,1-2H3/t19-,25-/m0/s1. The molecule has 2 aliphatic heterocycles. The van der Waals surface area contributed by atoms with Gasteiger partial charge in [0.05, 0.1) is 23.2 Å². The largest absolute Gasteiger partial charge is 0.333 e. The van der Waals surface area contributed by atoms with E-state index in [9.17, 15) is 30.0 Å². The predicted molar refractivity (Wildman–Crippen MR) is 168 cm³/mol. The van der Waals surface area contributed by atoms with E-state index in [1.807, 2.05) is 13.8 Å². The molecule has 0 amide bonds. The number of nitrogens with zero attached hydrogens (tertiary/aromatic N) is 6. The van der Waals surface area contributed by atoms with Crippen LogP contribution in [0.25, 0.3) is 5.57 Å². The van der Waals surface area contributed by atoms with Gasteiger partial charge in [0.2, 0.25) is 20.0 Å². The Bertz CT molecular complexity index is 1780. The van der Waals surface area contributed by atoms with E-state index >= 15 is 0 Å². The Morgan fingerprint density at radius 1 is 1.09 bits per heavy atom. The van der Waals surface area contributed by atoms with Crippen LogP contribution >= 0.6 is 22.9 Å². The van der Waals surface area contributed by atoms with Crippen LogP contribution in [-0.4, -0.2) is 70.1 Å². The molecule has 2 aliphatic rings. The van der Waals surface area contributed by atoms with Gasteiger partial charge in [0.15, 0.2) is 10.8 Å². The van der Waals surface area contributed by atoms with E-state index in [4.69, 9.17) is 16.6 Å². The van der Waals surface area contributed by atoms with Crippen molar-refractivity contribution in [3.05, 3.63) is 74.8 Å². The number of amidine groups is 1. The molecule has 1 fully saturated rings. The lowest BCUT2D eigenvalue weighted by atomic mass is 9.92. The van der Waals surface area contributed by atoms with Gasteiger partial charge in [-0.15, -0.1) is 11.3 Å². The highest BCUT2D eigenvalue weighted by atomic mass is 35.5. The fourth-order valence-electron chi connectivity index (χ4n) is 5.54. The highest BCUT2D eigenvalue weighted by Gasteiger charge is 2.48. The zero-order valence-corrected chi connectivity index (χ0v) is 27.7. The number of halogens is 4. The molecular weight excluding hydrogens is 673 g/mol. The van der Waals surface area contributed by atoms with Gasteiger partial charge in [-0.1, -0.05) is 48.1 Å². The molecular formula is C28H32ClF3N6O4S3. The summed E-state index contributed by atoms with van der Waals surface area (Å²) in [5.74, 6) is -0.969. The van der Waals surface area contributed by atoms with E-state index in [1.165, 1.54) is 29.5 Å². The second-order valence-electron chi connectivity index (χ2n) is 10.7. The molecule has 2 aromatic heterocycles. The topological polar surface area (TPSA) is 118 Å². The highest BCUT2D eigenvalue weighted by molar-refractivity contribution is 8.04. The maximum Gasteiger partial charge on any atom is 0.333 e. The molecule has 2 atom stereocenters. The Hall–Kier alpha value is -2.79. The molecule has 45 heavy (non-hydrogen) atoms. The van der Waals surface area contributed by atoms with Crippen molar-refractivity contribution in [1.29, 1.82) is 0 Å². The lowest BCUT2D eigenvalue weighted by molar-refractivity contribution is 0.0564. The number of alkyl halides is 2. The second kappa shape index (κ2) is 13.5. The molecule has 1 saturated heterocycles. The monoisotopic (exact) mass is 704 g/mol. The molecule has 0 unspecified atom stereocenters. The zero-order chi connectivity index (χ0) is 32.5. The molecule has 0 radical (unpaired) electrons. The third-order valence-electron chi connectivity index (χ3n) is 7.56. The summed E-state index contributed by atoms with van der Waals surface area (Å²) in [6.07, 6.45) is 4.21. The summed E-state index contributed by atoms with van der Waals surface area (Å²) in [5, 5.41) is 6.30. The van der Waals surface area contributed by atoms with Crippen molar-refractivity contribution >= 4 is 54.4 Å². The average Bonchev–Trinajstić information content (AvgIpc) is 3.76. The third-order valence-corrected chi connectivity index (χ3v) is 13.3. The summed E-state index contributed by atoms with van der Waals surface area (Å²) in [5.41, 5.74) is 1.22. The van der Waals surface area contributed by atoms with E-state index in [2.05, 4.69) is 10.1 Å². The van der Waals surface area contributed by atoms with Gasteiger partial charge < -0.3 is 4.90 Å². The maximum atomic E-state index is 14.1. The van der Waals surface area contributed by atoms with Gasteiger partial charge in [-0.05, 0) is 31.0 Å². The first-order valence-corrected chi connectivity index (χ1v) is 18.9. The lowest BCUT2D eigenvalue weighted by Crippen LogP contribution is -2.48. The summed E-state index contributed by atoms with van der Waals surface area (Å²) >= 11 is 7.77. The van der Waals surface area contributed by atoms with Crippen LogP contribution < -0.4 is 0 Å². The molecule has 0 aliphatic carbocycles. The molecule has 244 valence electrons. The summed E-state index contributed by atoms with van der Waals surface area (Å²) < 4.78 is 97.4. The Morgan fingerprint density at radius 3 is 2.33 bits per heavy atom. The number of hydrogen-bond donors (Lipinski definition) is 0. The molecule has 5 rings (SSSR count). The summed E-state index contributed by atoms with van der Waals surface area (Å²) in [7, 11) is -8.55. The first kappa shape index (κ1) is 33.6. The number of unbranched alkanes of at least 4 members (excludes halogenated alkanes) is 2. The predicted octanol–water partition coefficient (Wildman–Crippen LogP) is 6.08. The van der Waals surface area contributed by atoms with Crippen molar-refractivity contribution in [3.63, 3.8) is 0 Å². The molecule has 0 saturated carbocycles. The number of aromatic nitrogens is 3. The van der Waals surface area contributed by atoms with Crippen LogP contribution in [0.5, 0.6) is 0 Å². The van der Waals surface area contributed by atoms with E-state index in [1.54, 1.807) is 16.5 Å². The number of thiazole rings is 1. The Labute approximate surface area is 269 Å². The SMILES string of the molecule is CCCCS(=O)(=O)N([C@H]1CC2=C(c3ccn(C(F)F)n3)[C@H](c3ccc(F)cc3Cl)N=C(c3nccs3)N2C1)S(=O)(=O)CCCC. The summed E-state index contributed by atoms with van der Waals surface area (Å²) in [6, 6.07) is 3.08. The quantitative estimate of drug-likeness (QED) is 0.212. The molecule has 1 aromatic carbocycles. The lowest BCUT2D eigenvalue weighted by Gasteiger charge is -2.32. The van der Waals surface area contributed by atoms with Crippen LogP contribution in [0.15, 0.2) is 52.7 Å². The van der Waals surface area contributed by atoms with Crippen molar-refractivity contribution in [2.45, 2.75) is 64.6 Å². The maximum absolute atomic E-state index is 14.1. The third kappa shape index (κ3) is 6.84. The van der Waals surface area contributed by atoms with Gasteiger partial charge in [-0.25, -0.2) is 30.9 Å². The molecule has 4 heterocycles. The van der Waals surface area contributed by atoms with Crippen molar-refractivity contribution in [2.75, 3.05) is 18.1 Å². The van der Waals surface area contributed by atoms with Crippen molar-refractivity contribution in [2.24, 2.45) is 4.99 Å². The van der Waals surface area contributed by atoms with Crippen molar-refractivity contribution in [3.8, 4) is 0 Å². The summed E-state index contributed by atoms with van der Waals surface area (Å²) in [4.78, 5) is 11.0. The second-order valence-corrected chi connectivity index (χ2v) is 16.2. The van der Waals surface area contributed by atoms with Crippen LogP contribution in [0.4, 0.5) is 13.2 Å². The molecule has 0 bridgehead atoms. The fourth-order valence-corrected chi connectivity index (χ4v) is 11.1. The van der Waals surface area contributed by atoms with E-state index in [0.29, 0.717) is 48.9 Å². The smallest absolute Gasteiger partial charge is 0.326 e. The minimum atomic E-state index is -4.28. The summed E-state index contributed by atoms with van der Waals surface area (Å²) in [6.45, 7) is 0.599. The van der Waals surface area contributed by atoms with Gasteiger partial charge in [-0.2, -0.15) is 13.9 Å². The minimum Gasteiger partial charge on any atom is -0.326 e. The van der Waals surface area contributed by atoms with Gasteiger partial charge in [0.1, 0.15) is 11.9 Å². The first-order valence-electron chi connectivity index (χ1n) is 14.4. The molecule has 3 aromatic rings. The number of benzene rings is 1. The number of hydrogen-bond acceptors (Lipinski definition) is 9. The Kier molecular flexibility index (Phi) is 10.1. The molecule has 0 N–H and O–H groups in total. The van der Waals surface area contributed by atoms with Crippen LogP contribution in [0.2, 0.25) is 5.02 Å². The highest BCUT2D eigenvalue weighted by Crippen LogP contribution is 2.47. The first-order chi connectivity index (χ1) is 21.4. The van der Waals surface area contributed by atoms with E-state index in [-0.39, 0.29) is 48.0 Å². The minimum absolute atomic E-state index is 0.0301. The Balaban J connectivity index is 1.73. The van der Waals surface area contributed by atoms with Gasteiger partial charge >= 0.3 is 6.55 Å². The van der Waals surface area contributed by atoms with Crippen LogP contribution in [0.3, 0.4) is 0 Å². The Morgan fingerprint density at radius 2 is 1.78 bits per heavy atom. The molecule has 10 nitrogen and oxygen atoms in total. The van der Waals surface area contributed by atoms with Crippen molar-refractivity contribution in [1.82, 2.24) is 23.4 Å². The van der Waals surface area contributed by atoms with E-state index < -0.39 is 44.5 Å². The zero-order valence-electron chi connectivity index (χ0n) is 24.5. The van der Waals surface area contributed by atoms with Gasteiger partial charge in [0, 0.05) is 52.6 Å². The van der Waals surface area contributed by atoms with Crippen LogP contribution in [0.1, 0.15) is 74.8 Å². The number of rotatable bonds is 13. The van der Waals surface area contributed by atoms with E-state index in [0.717, 1.165) is 12.3 Å². The fraction of sp³-hybridized carbons (Fsp3) is 0.464. The number of sulfonamides is 2. The van der Waals surface area contributed by atoms with Gasteiger partial charge in [0.25, 0.3) is 0 Å². The van der Waals surface area contributed by atoms with Crippen molar-refractivity contribution < 1.29 is 30.0 Å². The molecule has 0 spiro atoms. The average molecular weight is 705 g/mol. The number of fused-ring (bicyclic) bond motifs is 1. The molecule has 17 heteroatoms. The van der Waals surface area contributed by atoms with Gasteiger partial charge in [-0.3, -0.25) is 4.99 Å². The van der Waals surface area contributed by atoms with Crippen LogP contribution in [0, 0.1) is 5.82 Å². The van der Waals surface area contributed by atoms with Crippen LogP contribution in [-0.2, 0) is 20.0 Å². The normalized spacial score (nSPS) is 19.1. The number of aliphatic imine (C=N–C) groups is 1.